The van der Waals surface area contributed by atoms with Crippen molar-refractivity contribution in [1.82, 2.24) is 0 Å². The van der Waals surface area contributed by atoms with Crippen molar-refractivity contribution in [2.24, 2.45) is 0 Å². The van der Waals surface area contributed by atoms with E-state index < -0.39 is 0 Å². The second kappa shape index (κ2) is 7.09. The molecular formula is C23H19NO3. The maximum atomic E-state index is 12.7. The lowest BCUT2D eigenvalue weighted by molar-refractivity contribution is 0.102. The van der Waals surface area contributed by atoms with Crippen LogP contribution in [0, 0.1) is 6.92 Å². The molecule has 4 aromatic rings. The molecule has 1 heterocycles. The van der Waals surface area contributed by atoms with Crippen LogP contribution >= 0.6 is 0 Å². The summed E-state index contributed by atoms with van der Waals surface area (Å²) in [6, 6.07) is 22.9. The van der Waals surface area contributed by atoms with Crippen molar-refractivity contribution in [2.45, 2.75) is 13.5 Å². The Balaban J connectivity index is 1.62. The fourth-order valence-corrected chi connectivity index (χ4v) is 3.05. The van der Waals surface area contributed by atoms with E-state index in [9.17, 15) is 4.79 Å². The van der Waals surface area contributed by atoms with E-state index in [1.807, 2.05) is 73.7 Å². The summed E-state index contributed by atoms with van der Waals surface area (Å²) in [4.78, 5) is 12.7. The predicted molar refractivity (Wildman–Crippen MR) is 107 cm³/mol. The number of hydrogen-bond acceptors (Lipinski definition) is 3. The molecular weight excluding hydrogens is 338 g/mol. The quantitative estimate of drug-likeness (QED) is 0.531. The predicted octanol–water partition coefficient (Wildman–Crippen LogP) is 5.15. The highest BCUT2D eigenvalue weighted by molar-refractivity contribution is 6.07. The van der Waals surface area contributed by atoms with E-state index in [2.05, 4.69) is 5.32 Å². The number of nitrogens with one attached hydrogen (secondary N) is 1. The van der Waals surface area contributed by atoms with Crippen LogP contribution < -0.4 is 5.32 Å². The molecule has 0 bridgehead atoms. The summed E-state index contributed by atoms with van der Waals surface area (Å²) in [5.41, 5.74) is 3.14. The zero-order valence-corrected chi connectivity index (χ0v) is 14.9. The first-order valence-electron chi connectivity index (χ1n) is 8.75. The molecule has 4 rings (SSSR count). The Morgan fingerprint density at radius 2 is 1.78 bits per heavy atom. The Hall–Kier alpha value is -3.37. The molecule has 0 aliphatic heterocycles. The van der Waals surface area contributed by atoms with Gasteiger partial charge in [-0.2, -0.15) is 0 Å². The van der Waals surface area contributed by atoms with Gasteiger partial charge in [0.2, 0.25) is 0 Å². The zero-order chi connectivity index (χ0) is 18.8. The van der Waals surface area contributed by atoms with Gasteiger partial charge in [-0.15, -0.1) is 0 Å². The van der Waals surface area contributed by atoms with E-state index in [4.69, 9.17) is 9.52 Å². The number of carbonyl (C=O) groups is 1. The van der Waals surface area contributed by atoms with E-state index in [1.165, 1.54) is 0 Å². The average Bonchev–Trinajstić information content (AvgIpc) is 3.18. The van der Waals surface area contributed by atoms with Gasteiger partial charge in [-0.05, 0) is 53.6 Å². The van der Waals surface area contributed by atoms with Crippen LogP contribution in [0.5, 0.6) is 0 Å². The van der Waals surface area contributed by atoms with Gasteiger partial charge in [0.25, 0.3) is 5.91 Å². The minimum absolute atomic E-state index is 0.141. The van der Waals surface area contributed by atoms with Crippen molar-refractivity contribution in [3.8, 4) is 11.3 Å². The van der Waals surface area contributed by atoms with Crippen molar-refractivity contribution >= 4 is 22.4 Å². The van der Waals surface area contributed by atoms with E-state index >= 15 is 0 Å². The van der Waals surface area contributed by atoms with E-state index in [0.29, 0.717) is 17.1 Å². The fourth-order valence-electron chi connectivity index (χ4n) is 3.05. The van der Waals surface area contributed by atoms with Crippen LogP contribution in [0.1, 0.15) is 21.7 Å². The third-order valence-corrected chi connectivity index (χ3v) is 4.60. The highest BCUT2D eigenvalue weighted by atomic mass is 16.4. The van der Waals surface area contributed by atoms with Gasteiger partial charge in [0.1, 0.15) is 18.1 Å². The van der Waals surface area contributed by atoms with Gasteiger partial charge >= 0.3 is 0 Å². The molecule has 0 radical (unpaired) electrons. The molecule has 4 nitrogen and oxygen atoms in total. The minimum Gasteiger partial charge on any atom is -0.459 e. The first-order chi connectivity index (χ1) is 13.1. The van der Waals surface area contributed by atoms with Crippen LogP contribution in [0.2, 0.25) is 0 Å². The molecule has 27 heavy (non-hydrogen) atoms. The molecule has 0 aliphatic rings. The van der Waals surface area contributed by atoms with Gasteiger partial charge in [0.05, 0.1) is 0 Å². The summed E-state index contributed by atoms with van der Waals surface area (Å²) in [6.07, 6.45) is 0. The van der Waals surface area contributed by atoms with Crippen LogP contribution in [-0.2, 0) is 6.61 Å². The van der Waals surface area contributed by atoms with Crippen molar-refractivity contribution in [3.05, 3.63) is 89.7 Å². The molecule has 0 saturated carbocycles. The second-order valence-corrected chi connectivity index (χ2v) is 6.47. The SMILES string of the molecule is Cc1ccc(-c2ccc(CO)o2)cc1NC(=O)c1ccc2ccccc2c1. The van der Waals surface area contributed by atoms with E-state index in [0.717, 1.165) is 27.6 Å². The monoisotopic (exact) mass is 357 g/mol. The van der Waals surface area contributed by atoms with Crippen molar-refractivity contribution in [1.29, 1.82) is 0 Å². The molecule has 3 aromatic carbocycles. The summed E-state index contributed by atoms with van der Waals surface area (Å²) in [5, 5.41) is 14.3. The topological polar surface area (TPSA) is 62.5 Å². The van der Waals surface area contributed by atoms with E-state index in [-0.39, 0.29) is 12.5 Å². The normalized spacial score (nSPS) is 10.9. The average molecular weight is 357 g/mol. The van der Waals surface area contributed by atoms with Gasteiger partial charge < -0.3 is 14.8 Å². The fraction of sp³-hybridized carbons (Fsp3) is 0.0870. The molecule has 1 aromatic heterocycles. The van der Waals surface area contributed by atoms with Gasteiger partial charge in [-0.3, -0.25) is 4.79 Å². The first kappa shape index (κ1) is 17.1. The zero-order valence-electron chi connectivity index (χ0n) is 14.9. The number of furan rings is 1. The summed E-state index contributed by atoms with van der Waals surface area (Å²) < 4.78 is 5.59. The third kappa shape index (κ3) is 3.48. The number of aryl methyl sites for hydroxylation is 1. The number of aliphatic hydroxyl groups excluding tert-OH is 1. The lowest BCUT2D eigenvalue weighted by Gasteiger charge is -2.11. The van der Waals surface area contributed by atoms with Crippen LogP contribution in [0.4, 0.5) is 5.69 Å². The number of amides is 1. The van der Waals surface area contributed by atoms with Gasteiger partial charge in [0.15, 0.2) is 0 Å². The van der Waals surface area contributed by atoms with Crippen LogP contribution in [-0.4, -0.2) is 11.0 Å². The molecule has 134 valence electrons. The molecule has 0 spiro atoms. The Labute approximate surface area is 157 Å². The second-order valence-electron chi connectivity index (χ2n) is 6.47. The van der Waals surface area contributed by atoms with E-state index in [1.54, 1.807) is 6.07 Å². The molecule has 0 unspecified atom stereocenters. The van der Waals surface area contributed by atoms with Crippen LogP contribution in [0.3, 0.4) is 0 Å². The number of aliphatic hydroxyl groups is 1. The lowest BCUT2D eigenvalue weighted by Crippen LogP contribution is -2.12. The van der Waals surface area contributed by atoms with Gasteiger partial charge in [-0.25, -0.2) is 0 Å². The highest BCUT2D eigenvalue weighted by Crippen LogP contribution is 2.27. The Morgan fingerprint density at radius 3 is 2.56 bits per heavy atom. The smallest absolute Gasteiger partial charge is 0.255 e. The maximum Gasteiger partial charge on any atom is 0.255 e. The molecule has 2 N–H and O–H groups in total. The molecule has 0 saturated heterocycles. The van der Waals surface area contributed by atoms with Gasteiger partial charge in [0, 0.05) is 16.8 Å². The number of fused-ring (bicyclic) bond motifs is 1. The van der Waals surface area contributed by atoms with Crippen LogP contribution in [0.15, 0.2) is 77.2 Å². The molecule has 0 fully saturated rings. The molecule has 0 atom stereocenters. The molecule has 1 amide bonds. The minimum atomic E-state index is -0.156. The Morgan fingerprint density at radius 1 is 0.963 bits per heavy atom. The van der Waals surface area contributed by atoms with Crippen LogP contribution in [0.25, 0.3) is 22.1 Å². The Bertz CT molecular complexity index is 1130. The standard InChI is InChI=1S/C23H19NO3/c1-15-6-7-18(22-11-10-20(14-25)27-22)13-21(15)24-23(26)19-9-8-16-4-2-3-5-17(16)12-19/h2-13,25H,14H2,1H3,(H,24,26). The van der Waals surface area contributed by atoms with Gasteiger partial charge in [-0.1, -0.05) is 42.5 Å². The first-order valence-corrected chi connectivity index (χ1v) is 8.75. The summed E-state index contributed by atoms with van der Waals surface area (Å²) >= 11 is 0. The summed E-state index contributed by atoms with van der Waals surface area (Å²) in [6.45, 7) is 1.80. The molecule has 0 aliphatic carbocycles. The summed E-state index contributed by atoms with van der Waals surface area (Å²) in [7, 11) is 0. The van der Waals surface area contributed by atoms with Crippen molar-refractivity contribution in [3.63, 3.8) is 0 Å². The maximum absolute atomic E-state index is 12.7. The number of benzene rings is 3. The molecule has 4 heteroatoms. The lowest BCUT2D eigenvalue weighted by atomic mass is 10.1. The summed E-state index contributed by atoms with van der Waals surface area (Å²) in [5.74, 6) is 1.00. The highest BCUT2D eigenvalue weighted by Gasteiger charge is 2.11. The number of rotatable bonds is 4. The van der Waals surface area contributed by atoms with Crippen molar-refractivity contribution in [2.75, 3.05) is 5.32 Å². The largest absolute Gasteiger partial charge is 0.459 e. The number of anilines is 1. The number of hydrogen-bond donors (Lipinski definition) is 2. The Kier molecular flexibility index (Phi) is 4.48. The van der Waals surface area contributed by atoms with Crippen molar-refractivity contribution < 1.29 is 14.3 Å². The third-order valence-electron chi connectivity index (χ3n) is 4.60. The number of carbonyl (C=O) groups excluding carboxylic acids is 1.